The molecule has 0 saturated carbocycles. The Balaban J connectivity index is 1.28. The van der Waals surface area contributed by atoms with Gasteiger partial charge in [0.1, 0.15) is 12.3 Å². The van der Waals surface area contributed by atoms with E-state index in [1.54, 1.807) is 4.68 Å². The third-order valence-electron chi connectivity index (χ3n) is 5.35. The summed E-state index contributed by atoms with van der Waals surface area (Å²) < 4.78 is 13.0. The number of nitrogens with zero attached hydrogens (tertiary/aromatic N) is 5. The van der Waals surface area contributed by atoms with E-state index in [1.165, 1.54) is 0 Å². The first-order valence-electron chi connectivity index (χ1n) is 10.3. The van der Waals surface area contributed by atoms with Crippen molar-refractivity contribution in [1.29, 1.82) is 0 Å². The molecule has 8 nitrogen and oxygen atoms in total. The minimum absolute atomic E-state index is 0.0648. The topological polar surface area (TPSA) is 86.3 Å². The van der Waals surface area contributed by atoms with Crippen LogP contribution in [0.2, 0.25) is 0 Å². The average Bonchev–Trinajstić information content (AvgIpc) is 3.42. The van der Waals surface area contributed by atoms with Crippen molar-refractivity contribution < 1.29 is 14.1 Å². The molecule has 2 aromatic heterocycles. The van der Waals surface area contributed by atoms with Gasteiger partial charge < -0.3 is 14.2 Å². The number of amides is 1. The second-order valence-electron chi connectivity index (χ2n) is 7.87. The SMILES string of the molecule is Cc1cccc(OCCc2noc(C3CCN(C(=O)Cn4nc(C)cc4C)C3)n2)c1. The monoisotopic (exact) mass is 409 g/mol. The highest BCUT2D eigenvalue weighted by molar-refractivity contribution is 5.76. The molecule has 0 aliphatic carbocycles. The van der Waals surface area contributed by atoms with Crippen LogP contribution >= 0.6 is 0 Å². The highest BCUT2D eigenvalue weighted by atomic mass is 16.5. The van der Waals surface area contributed by atoms with E-state index in [0.29, 0.717) is 37.8 Å². The quantitative estimate of drug-likeness (QED) is 0.596. The van der Waals surface area contributed by atoms with Gasteiger partial charge >= 0.3 is 0 Å². The smallest absolute Gasteiger partial charge is 0.244 e. The van der Waals surface area contributed by atoms with Gasteiger partial charge in [-0.25, -0.2) is 0 Å². The summed E-state index contributed by atoms with van der Waals surface area (Å²) in [5.74, 6) is 2.21. The van der Waals surface area contributed by atoms with E-state index in [1.807, 2.05) is 56.0 Å². The van der Waals surface area contributed by atoms with E-state index in [9.17, 15) is 4.79 Å². The Morgan fingerprint density at radius 1 is 1.27 bits per heavy atom. The van der Waals surface area contributed by atoms with Gasteiger partial charge in [0.2, 0.25) is 11.8 Å². The average molecular weight is 409 g/mol. The molecular weight excluding hydrogens is 382 g/mol. The molecule has 1 saturated heterocycles. The van der Waals surface area contributed by atoms with E-state index in [4.69, 9.17) is 9.26 Å². The van der Waals surface area contributed by atoms with Crippen molar-refractivity contribution in [2.45, 2.75) is 46.1 Å². The molecule has 1 fully saturated rings. The maximum absolute atomic E-state index is 12.6. The van der Waals surface area contributed by atoms with Crippen LogP contribution in [0.5, 0.6) is 5.75 Å². The molecule has 0 bridgehead atoms. The standard InChI is InChI=1S/C22H27N5O3/c1-15-5-4-6-19(11-15)29-10-8-20-23-22(30-25-20)18-7-9-26(13-18)21(28)14-27-17(3)12-16(2)24-27/h4-6,11-12,18H,7-10,13-14H2,1-3H3. The van der Waals surface area contributed by atoms with Crippen LogP contribution < -0.4 is 4.74 Å². The minimum Gasteiger partial charge on any atom is -0.493 e. The first kappa shape index (κ1) is 20.1. The Hall–Kier alpha value is -3.16. The van der Waals surface area contributed by atoms with Crippen molar-refractivity contribution in [3.05, 3.63) is 59.0 Å². The third kappa shape index (κ3) is 4.69. The zero-order valence-electron chi connectivity index (χ0n) is 17.7. The number of carbonyl (C=O) groups is 1. The number of benzene rings is 1. The molecule has 0 N–H and O–H groups in total. The van der Waals surface area contributed by atoms with Crippen LogP contribution in [0.3, 0.4) is 0 Å². The zero-order chi connectivity index (χ0) is 21.1. The minimum atomic E-state index is 0.0648. The van der Waals surface area contributed by atoms with Crippen LogP contribution in [-0.2, 0) is 17.8 Å². The molecule has 8 heteroatoms. The molecule has 1 aliphatic rings. The van der Waals surface area contributed by atoms with Gasteiger partial charge in [0.15, 0.2) is 5.82 Å². The lowest BCUT2D eigenvalue weighted by atomic mass is 10.1. The van der Waals surface area contributed by atoms with Crippen LogP contribution in [-0.4, -0.2) is 50.4 Å². The molecule has 1 unspecified atom stereocenters. The van der Waals surface area contributed by atoms with Gasteiger partial charge in [-0.05, 0) is 51.0 Å². The predicted molar refractivity (Wildman–Crippen MR) is 110 cm³/mol. The molecule has 1 aromatic carbocycles. The number of likely N-dealkylation sites (tertiary alicyclic amines) is 1. The van der Waals surface area contributed by atoms with Crippen molar-refractivity contribution in [2.24, 2.45) is 0 Å². The van der Waals surface area contributed by atoms with E-state index in [0.717, 1.165) is 29.1 Å². The van der Waals surface area contributed by atoms with Crippen molar-refractivity contribution in [3.63, 3.8) is 0 Å². The lowest BCUT2D eigenvalue weighted by Gasteiger charge is -2.16. The van der Waals surface area contributed by atoms with E-state index in [-0.39, 0.29) is 18.4 Å². The lowest BCUT2D eigenvalue weighted by Crippen LogP contribution is -2.32. The molecule has 158 valence electrons. The van der Waals surface area contributed by atoms with Crippen LogP contribution in [0.25, 0.3) is 0 Å². The van der Waals surface area contributed by atoms with Crippen LogP contribution in [0.15, 0.2) is 34.9 Å². The van der Waals surface area contributed by atoms with E-state index in [2.05, 4.69) is 15.2 Å². The fourth-order valence-electron chi connectivity index (χ4n) is 3.75. The maximum atomic E-state index is 12.6. The third-order valence-corrected chi connectivity index (χ3v) is 5.35. The van der Waals surface area contributed by atoms with Gasteiger partial charge in [0.25, 0.3) is 0 Å². The summed E-state index contributed by atoms with van der Waals surface area (Å²) in [6.45, 7) is 7.96. The second-order valence-corrected chi connectivity index (χ2v) is 7.87. The Morgan fingerprint density at radius 3 is 2.90 bits per heavy atom. The second kappa shape index (κ2) is 8.69. The molecule has 0 radical (unpaired) electrons. The maximum Gasteiger partial charge on any atom is 0.244 e. The number of ether oxygens (including phenoxy) is 1. The summed E-state index contributed by atoms with van der Waals surface area (Å²) in [6.07, 6.45) is 1.40. The number of hydrogen-bond acceptors (Lipinski definition) is 6. The highest BCUT2D eigenvalue weighted by Gasteiger charge is 2.31. The largest absolute Gasteiger partial charge is 0.493 e. The molecule has 30 heavy (non-hydrogen) atoms. The Bertz CT molecular complexity index is 1030. The number of carbonyl (C=O) groups excluding carboxylic acids is 1. The zero-order valence-corrected chi connectivity index (χ0v) is 17.7. The van der Waals surface area contributed by atoms with Gasteiger partial charge in [-0.3, -0.25) is 9.48 Å². The van der Waals surface area contributed by atoms with Crippen LogP contribution in [0, 0.1) is 20.8 Å². The van der Waals surface area contributed by atoms with Gasteiger partial charge in [-0.2, -0.15) is 10.1 Å². The summed E-state index contributed by atoms with van der Waals surface area (Å²) >= 11 is 0. The fraction of sp³-hybridized carbons (Fsp3) is 0.455. The predicted octanol–water partition coefficient (Wildman–Crippen LogP) is 2.83. The molecule has 1 atom stereocenters. The lowest BCUT2D eigenvalue weighted by molar-refractivity contribution is -0.131. The first-order valence-corrected chi connectivity index (χ1v) is 10.3. The van der Waals surface area contributed by atoms with Crippen LogP contribution in [0.4, 0.5) is 0 Å². The van der Waals surface area contributed by atoms with Gasteiger partial charge in [-0.15, -0.1) is 0 Å². The number of aryl methyl sites for hydroxylation is 3. The Kier molecular flexibility index (Phi) is 5.83. The Morgan fingerprint density at radius 2 is 2.13 bits per heavy atom. The molecule has 3 aromatic rings. The van der Waals surface area contributed by atoms with Crippen molar-refractivity contribution in [3.8, 4) is 5.75 Å². The normalized spacial score (nSPS) is 16.2. The summed E-state index contributed by atoms with van der Waals surface area (Å²) in [6, 6.07) is 9.91. The summed E-state index contributed by atoms with van der Waals surface area (Å²) in [5, 5.41) is 8.45. The molecule has 1 aliphatic heterocycles. The molecular formula is C22H27N5O3. The van der Waals surface area contributed by atoms with Gasteiger partial charge in [0.05, 0.1) is 18.2 Å². The number of aromatic nitrogens is 4. The first-order chi connectivity index (χ1) is 14.5. The van der Waals surface area contributed by atoms with Crippen molar-refractivity contribution >= 4 is 5.91 Å². The summed E-state index contributed by atoms with van der Waals surface area (Å²) in [4.78, 5) is 19.0. The van der Waals surface area contributed by atoms with Gasteiger partial charge in [0, 0.05) is 25.2 Å². The van der Waals surface area contributed by atoms with Crippen molar-refractivity contribution in [1.82, 2.24) is 24.8 Å². The van der Waals surface area contributed by atoms with E-state index < -0.39 is 0 Å². The fourth-order valence-corrected chi connectivity index (χ4v) is 3.75. The van der Waals surface area contributed by atoms with Crippen LogP contribution in [0.1, 0.15) is 41.0 Å². The molecule has 1 amide bonds. The summed E-state index contributed by atoms with van der Waals surface area (Å²) in [7, 11) is 0. The van der Waals surface area contributed by atoms with E-state index >= 15 is 0 Å². The highest BCUT2D eigenvalue weighted by Crippen LogP contribution is 2.26. The summed E-state index contributed by atoms with van der Waals surface area (Å²) in [5.41, 5.74) is 3.07. The Labute approximate surface area is 175 Å². The number of rotatable bonds is 7. The number of hydrogen-bond donors (Lipinski definition) is 0. The molecule has 0 spiro atoms. The van der Waals surface area contributed by atoms with Gasteiger partial charge in [-0.1, -0.05) is 17.3 Å². The molecule has 3 heterocycles. The van der Waals surface area contributed by atoms with Crippen molar-refractivity contribution in [2.75, 3.05) is 19.7 Å². The molecule has 4 rings (SSSR count).